The third-order valence-electron chi connectivity index (χ3n) is 3.99. The molecule has 0 fully saturated rings. The Balaban J connectivity index is 3.18. The smallest absolute Gasteiger partial charge is 0.207 e. The Morgan fingerprint density at radius 3 is 2.29 bits per heavy atom. The summed E-state index contributed by atoms with van der Waals surface area (Å²) >= 11 is 5.84. The molecular weight excluding hydrogens is 306 g/mol. The fraction of sp³-hybridized carbons (Fsp3) is 0.625. The van der Waals surface area contributed by atoms with Gasteiger partial charge in [0.1, 0.15) is 0 Å². The van der Waals surface area contributed by atoms with Crippen LogP contribution in [0.5, 0.6) is 0 Å². The van der Waals surface area contributed by atoms with E-state index in [9.17, 15) is 8.42 Å². The van der Waals surface area contributed by atoms with Gasteiger partial charge in [-0.25, -0.2) is 8.42 Å². The summed E-state index contributed by atoms with van der Waals surface area (Å²) in [5.41, 5.74) is 1.60. The predicted molar refractivity (Wildman–Crippen MR) is 89.2 cm³/mol. The van der Waals surface area contributed by atoms with E-state index < -0.39 is 10.0 Å². The lowest BCUT2D eigenvalue weighted by Crippen LogP contribution is -2.35. The molecule has 0 radical (unpaired) electrons. The van der Waals surface area contributed by atoms with E-state index in [0.29, 0.717) is 29.8 Å². The van der Waals surface area contributed by atoms with Crippen molar-refractivity contribution in [3.8, 4) is 0 Å². The van der Waals surface area contributed by atoms with Crippen molar-refractivity contribution >= 4 is 21.6 Å². The normalized spacial score (nSPS) is 12.3. The van der Waals surface area contributed by atoms with Crippen LogP contribution in [0, 0.1) is 12.8 Å². The number of sulfonamides is 1. The van der Waals surface area contributed by atoms with Crippen LogP contribution in [0.25, 0.3) is 0 Å². The minimum atomic E-state index is -3.45. The van der Waals surface area contributed by atoms with E-state index in [2.05, 4.69) is 13.8 Å². The molecule has 0 N–H and O–H groups in total. The van der Waals surface area contributed by atoms with Gasteiger partial charge in [-0.15, -0.1) is 11.6 Å². The Hall–Kier alpha value is -0.580. The number of nitrogens with zero attached hydrogens (tertiary/aromatic N) is 1. The Labute approximate surface area is 134 Å². The summed E-state index contributed by atoms with van der Waals surface area (Å²) in [5.74, 6) is 0.720. The zero-order valence-corrected chi connectivity index (χ0v) is 15.0. The second-order valence-corrected chi connectivity index (χ2v) is 7.55. The lowest BCUT2D eigenvalue weighted by atomic mass is 10.0. The highest BCUT2D eigenvalue weighted by Gasteiger charge is 2.26. The molecule has 0 saturated heterocycles. The summed E-state index contributed by atoms with van der Waals surface area (Å²) in [6.45, 7) is 9.00. The Kier molecular flexibility index (Phi) is 7.17. The van der Waals surface area contributed by atoms with Gasteiger partial charge in [0.15, 0.2) is 0 Å². The maximum Gasteiger partial charge on any atom is 0.243 e. The van der Waals surface area contributed by atoms with Crippen molar-refractivity contribution in [2.45, 2.75) is 51.3 Å². The van der Waals surface area contributed by atoms with Gasteiger partial charge in [-0.05, 0) is 30.0 Å². The van der Waals surface area contributed by atoms with Crippen molar-refractivity contribution in [2.75, 3.05) is 13.1 Å². The Morgan fingerprint density at radius 2 is 1.81 bits per heavy atom. The van der Waals surface area contributed by atoms with Gasteiger partial charge in [-0.1, -0.05) is 45.7 Å². The fourth-order valence-corrected chi connectivity index (χ4v) is 4.34. The topological polar surface area (TPSA) is 37.4 Å². The zero-order chi connectivity index (χ0) is 16.0. The van der Waals surface area contributed by atoms with Gasteiger partial charge in [-0.3, -0.25) is 0 Å². The van der Waals surface area contributed by atoms with Gasteiger partial charge in [0.05, 0.1) is 4.90 Å². The molecule has 0 bridgehead atoms. The first-order valence-electron chi connectivity index (χ1n) is 7.56. The van der Waals surface area contributed by atoms with Crippen LogP contribution < -0.4 is 0 Å². The summed E-state index contributed by atoms with van der Waals surface area (Å²) in [6.07, 6.45) is 1.98. The van der Waals surface area contributed by atoms with Crippen molar-refractivity contribution in [3.63, 3.8) is 0 Å². The molecule has 0 saturated carbocycles. The summed E-state index contributed by atoms with van der Waals surface area (Å²) in [6, 6.07) is 5.40. The summed E-state index contributed by atoms with van der Waals surface area (Å²) in [5, 5.41) is 0. The molecule has 5 heteroatoms. The van der Waals surface area contributed by atoms with E-state index in [4.69, 9.17) is 11.6 Å². The first kappa shape index (κ1) is 18.5. The molecule has 0 aliphatic carbocycles. The standard InChI is InChI=1S/C16H26ClNO2S/c1-5-14(6-2)12-18(7-3)21(19,20)16-10-15(11-17)9-8-13(16)4/h8-10,14H,5-7,11-12H2,1-4H3. The van der Waals surface area contributed by atoms with Crippen LogP contribution in [0.1, 0.15) is 44.7 Å². The molecule has 21 heavy (non-hydrogen) atoms. The van der Waals surface area contributed by atoms with E-state index >= 15 is 0 Å². The quantitative estimate of drug-likeness (QED) is 0.670. The number of halogens is 1. The van der Waals surface area contributed by atoms with Crippen molar-refractivity contribution < 1.29 is 8.42 Å². The monoisotopic (exact) mass is 331 g/mol. The highest BCUT2D eigenvalue weighted by Crippen LogP contribution is 2.24. The first-order chi connectivity index (χ1) is 9.90. The molecule has 0 aromatic heterocycles. The third-order valence-corrected chi connectivity index (χ3v) is 6.39. The SMILES string of the molecule is CCC(CC)CN(CC)S(=O)(=O)c1cc(CCl)ccc1C. The van der Waals surface area contributed by atoms with Crippen molar-refractivity contribution in [1.29, 1.82) is 0 Å². The average Bonchev–Trinajstić information content (AvgIpc) is 2.48. The van der Waals surface area contributed by atoms with E-state index in [0.717, 1.165) is 24.0 Å². The largest absolute Gasteiger partial charge is 0.243 e. The predicted octanol–water partition coefficient (Wildman–Crippen LogP) is 4.18. The number of hydrogen-bond acceptors (Lipinski definition) is 2. The molecular formula is C16H26ClNO2S. The molecule has 1 aromatic rings. The van der Waals surface area contributed by atoms with E-state index in [-0.39, 0.29) is 0 Å². The summed E-state index contributed by atoms with van der Waals surface area (Å²) in [4.78, 5) is 0.383. The van der Waals surface area contributed by atoms with Crippen LogP contribution in [0.4, 0.5) is 0 Å². The maximum atomic E-state index is 12.9. The van der Waals surface area contributed by atoms with Gasteiger partial charge < -0.3 is 0 Å². The molecule has 0 atom stereocenters. The molecule has 1 rings (SSSR count). The Bertz CT molecular complexity index is 553. The van der Waals surface area contributed by atoms with Crippen LogP contribution in [-0.2, 0) is 15.9 Å². The van der Waals surface area contributed by atoms with E-state index in [1.165, 1.54) is 0 Å². The average molecular weight is 332 g/mol. The third kappa shape index (κ3) is 4.44. The zero-order valence-electron chi connectivity index (χ0n) is 13.4. The van der Waals surface area contributed by atoms with Crippen LogP contribution in [0.3, 0.4) is 0 Å². The number of hydrogen-bond donors (Lipinski definition) is 0. The van der Waals surface area contributed by atoms with Crippen molar-refractivity contribution in [2.24, 2.45) is 5.92 Å². The van der Waals surface area contributed by atoms with Crippen LogP contribution in [-0.4, -0.2) is 25.8 Å². The molecule has 0 aliphatic heterocycles. The van der Waals surface area contributed by atoms with Crippen LogP contribution in [0.15, 0.2) is 23.1 Å². The summed E-state index contributed by atoms with van der Waals surface area (Å²) < 4.78 is 27.4. The highest BCUT2D eigenvalue weighted by molar-refractivity contribution is 7.89. The van der Waals surface area contributed by atoms with Gasteiger partial charge in [-0.2, -0.15) is 4.31 Å². The second-order valence-electron chi connectivity index (χ2n) is 5.37. The number of alkyl halides is 1. The van der Waals surface area contributed by atoms with E-state index in [1.807, 2.05) is 26.0 Å². The fourth-order valence-electron chi connectivity index (χ4n) is 2.38. The second kappa shape index (κ2) is 8.16. The van der Waals surface area contributed by atoms with Crippen molar-refractivity contribution in [1.82, 2.24) is 4.31 Å². The van der Waals surface area contributed by atoms with Gasteiger partial charge >= 0.3 is 0 Å². The maximum absolute atomic E-state index is 12.9. The lowest BCUT2D eigenvalue weighted by molar-refractivity contribution is 0.339. The molecule has 3 nitrogen and oxygen atoms in total. The van der Waals surface area contributed by atoms with E-state index in [1.54, 1.807) is 10.4 Å². The van der Waals surface area contributed by atoms with Gasteiger partial charge in [0.2, 0.25) is 10.0 Å². The van der Waals surface area contributed by atoms with Gasteiger partial charge in [0, 0.05) is 19.0 Å². The first-order valence-corrected chi connectivity index (χ1v) is 9.53. The molecule has 0 heterocycles. The van der Waals surface area contributed by atoms with Crippen LogP contribution in [0.2, 0.25) is 0 Å². The Morgan fingerprint density at radius 1 is 1.19 bits per heavy atom. The molecule has 0 unspecified atom stereocenters. The number of rotatable bonds is 8. The molecule has 120 valence electrons. The van der Waals surface area contributed by atoms with Crippen molar-refractivity contribution in [3.05, 3.63) is 29.3 Å². The minimum absolute atomic E-state index is 0.321. The highest BCUT2D eigenvalue weighted by atomic mass is 35.5. The minimum Gasteiger partial charge on any atom is -0.207 e. The molecule has 0 amide bonds. The summed E-state index contributed by atoms with van der Waals surface area (Å²) in [7, 11) is -3.45. The molecule has 0 aliphatic rings. The van der Waals surface area contributed by atoms with Gasteiger partial charge in [0.25, 0.3) is 0 Å². The molecule has 0 spiro atoms. The molecule has 1 aromatic carbocycles. The lowest BCUT2D eigenvalue weighted by Gasteiger charge is -2.25. The number of benzene rings is 1. The van der Waals surface area contributed by atoms with Crippen LogP contribution >= 0.6 is 11.6 Å². The number of aryl methyl sites for hydroxylation is 1.